The van der Waals surface area contributed by atoms with Crippen molar-refractivity contribution in [3.63, 3.8) is 0 Å². The highest BCUT2D eigenvalue weighted by molar-refractivity contribution is 5.76. The number of hydrogen-bond acceptors (Lipinski definition) is 3. The van der Waals surface area contributed by atoms with Crippen LogP contribution < -0.4 is 4.57 Å². The van der Waals surface area contributed by atoms with Crippen molar-refractivity contribution in [2.24, 2.45) is 0 Å². The molecule has 23 heavy (non-hydrogen) atoms. The summed E-state index contributed by atoms with van der Waals surface area (Å²) >= 11 is 0. The van der Waals surface area contributed by atoms with E-state index in [2.05, 4.69) is 0 Å². The third-order valence-corrected chi connectivity index (χ3v) is 3.64. The van der Waals surface area contributed by atoms with Crippen LogP contribution in [0.4, 0.5) is 0 Å². The topological polar surface area (TPSA) is 47.2 Å². The molecule has 1 aromatic carbocycles. The second kappa shape index (κ2) is 8.03. The number of carbonyl (C=O) groups excluding carboxylic acids is 2. The summed E-state index contributed by atoms with van der Waals surface area (Å²) in [5.41, 5.74) is 2.71. The maximum atomic E-state index is 11.7. The van der Waals surface area contributed by atoms with Crippen LogP contribution in [-0.4, -0.2) is 19.4 Å². The minimum Gasteiger partial charge on any atom is -0.464 e. The zero-order valence-corrected chi connectivity index (χ0v) is 13.3. The van der Waals surface area contributed by atoms with Crippen LogP contribution in [-0.2, 0) is 9.53 Å². The lowest BCUT2D eigenvalue weighted by Gasteiger charge is -2.07. The largest absolute Gasteiger partial charge is 0.464 e. The molecule has 0 amide bonds. The highest BCUT2D eigenvalue weighted by Gasteiger charge is 2.25. The molecule has 0 aliphatic heterocycles. The zero-order valence-electron chi connectivity index (χ0n) is 13.3. The molecule has 1 aromatic heterocycles. The van der Waals surface area contributed by atoms with Gasteiger partial charge in [-0.25, -0.2) is 4.79 Å². The molecule has 0 fully saturated rings. The number of aldehydes is 1. The summed E-state index contributed by atoms with van der Waals surface area (Å²) in [4.78, 5) is 22.3. The smallest absolute Gasteiger partial charge is 0.375 e. The Hall–Kier alpha value is -2.75. The zero-order chi connectivity index (χ0) is 16.7. The number of hydrogen-bond donors (Lipinski definition) is 0. The highest BCUT2D eigenvalue weighted by atomic mass is 16.5. The van der Waals surface area contributed by atoms with E-state index >= 15 is 0 Å². The first-order valence-corrected chi connectivity index (χ1v) is 7.50. The number of carbonyl (C=O) groups is 2. The first-order valence-electron chi connectivity index (χ1n) is 7.50. The third-order valence-electron chi connectivity index (χ3n) is 3.64. The van der Waals surface area contributed by atoms with E-state index in [1.165, 1.54) is 7.11 Å². The molecule has 0 spiro atoms. The van der Waals surface area contributed by atoms with Gasteiger partial charge < -0.3 is 4.74 Å². The number of pyridine rings is 1. The van der Waals surface area contributed by atoms with Crippen LogP contribution >= 0.6 is 0 Å². The number of aromatic nitrogens is 1. The van der Waals surface area contributed by atoms with Gasteiger partial charge in [-0.15, -0.1) is 0 Å². The summed E-state index contributed by atoms with van der Waals surface area (Å²) in [6, 6.07) is 11.0. The normalized spacial score (nSPS) is 12.1. The Bertz CT molecular complexity index is 688. The summed E-state index contributed by atoms with van der Waals surface area (Å²) in [5.74, 6) is -0.240. The van der Waals surface area contributed by atoms with Gasteiger partial charge >= 0.3 is 5.97 Å². The molecule has 0 saturated heterocycles. The SMILES string of the molecule is CCC(C(=O)OC)[n+]1ccc(C=Cc2ccc(C=O)cc2)cc1. The van der Waals surface area contributed by atoms with E-state index in [0.717, 1.165) is 17.4 Å². The molecule has 1 unspecified atom stereocenters. The Morgan fingerprint density at radius 1 is 1.04 bits per heavy atom. The number of ether oxygens (including phenoxy) is 1. The molecule has 0 radical (unpaired) electrons. The molecule has 2 aromatic rings. The van der Waals surface area contributed by atoms with Crippen LogP contribution in [0.5, 0.6) is 0 Å². The minimum absolute atomic E-state index is 0.240. The first-order chi connectivity index (χ1) is 11.2. The number of methoxy groups -OCH3 is 1. The second-order valence-electron chi connectivity index (χ2n) is 5.14. The number of esters is 1. The van der Waals surface area contributed by atoms with Gasteiger partial charge in [0.05, 0.1) is 7.11 Å². The van der Waals surface area contributed by atoms with E-state index in [4.69, 9.17) is 4.74 Å². The van der Waals surface area contributed by atoms with Crippen LogP contribution in [0.3, 0.4) is 0 Å². The van der Waals surface area contributed by atoms with Gasteiger partial charge in [-0.1, -0.05) is 43.3 Å². The van der Waals surface area contributed by atoms with Crippen molar-refractivity contribution < 1.29 is 18.9 Å². The van der Waals surface area contributed by atoms with E-state index in [1.807, 2.05) is 60.3 Å². The average Bonchev–Trinajstić information content (AvgIpc) is 2.61. The van der Waals surface area contributed by atoms with Gasteiger partial charge in [0.25, 0.3) is 6.04 Å². The minimum atomic E-state index is -0.297. The van der Waals surface area contributed by atoms with Crippen molar-refractivity contribution in [1.29, 1.82) is 0 Å². The van der Waals surface area contributed by atoms with Crippen LogP contribution in [0.25, 0.3) is 12.2 Å². The van der Waals surface area contributed by atoms with Gasteiger partial charge in [0.1, 0.15) is 6.29 Å². The molecule has 0 bridgehead atoms. The lowest BCUT2D eigenvalue weighted by Crippen LogP contribution is -2.43. The number of nitrogens with zero attached hydrogens (tertiary/aromatic N) is 1. The fourth-order valence-electron chi connectivity index (χ4n) is 2.28. The molecule has 4 nitrogen and oxygen atoms in total. The maximum Gasteiger partial charge on any atom is 0.375 e. The Kier molecular flexibility index (Phi) is 5.80. The Balaban J connectivity index is 2.10. The summed E-state index contributed by atoms with van der Waals surface area (Å²) in [7, 11) is 1.40. The van der Waals surface area contributed by atoms with E-state index in [9.17, 15) is 9.59 Å². The fourth-order valence-corrected chi connectivity index (χ4v) is 2.28. The second-order valence-corrected chi connectivity index (χ2v) is 5.14. The summed E-state index contributed by atoms with van der Waals surface area (Å²) in [6.07, 6.45) is 9.22. The van der Waals surface area contributed by atoms with Crippen LogP contribution in [0.2, 0.25) is 0 Å². The van der Waals surface area contributed by atoms with Crippen LogP contribution in [0.1, 0.15) is 40.9 Å². The molecule has 0 aliphatic carbocycles. The van der Waals surface area contributed by atoms with Gasteiger partial charge in [-0.2, -0.15) is 4.57 Å². The molecule has 0 aliphatic rings. The predicted molar refractivity (Wildman–Crippen MR) is 88.7 cm³/mol. The Morgan fingerprint density at radius 3 is 2.04 bits per heavy atom. The molecule has 1 heterocycles. The van der Waals surface area contributed by atoms with Gasteiger partial charge in [0, 0.05) is 24.1 Å². The van der Waals surface area contributed by atoms with Crippen molar-refractivity contribution in [3.8, 4) is 0 Å². The summed E-state index contributed by atoms with van der Waals surface area (Å²) in [6.45, 7) is 1.95. The molecular formula is C19H20NO3+. The van der Waals surface area contributed by atoms with Crippen LogP contribution in [0.15, 0.2) is 48.8 Å². The van der Waals surface area contributed by atoms with Crippen LogP contribution in [0, 0.1) is 0 Å². The third kappa shape index (κ3) is 4.36. The first kappa shape index (κ1) is 16.6. The average molecular weight is 310 g/mol. The number of rotatable bonds is 6. The van der Waals surface area contributed by atoms with E-state index < -0.39 is 0 Å². The van der Waals surface area contributed by atoms with E-state index in [1.54, 1.807) is 12.1 Å². The lowest BCUT2D eigenvalue weighted by molar-refractivity contribution is -0.711. The Labute approximate surface area is 136 Å². The molecule has 4 heteroatoms. The molecular weight excluding hydrogens is 290 g/mol. The Morgan fingerprint density at radius 2 is 1.57 bits per heavy atom. The van der Waals surface area contributed by atoms with Gasteiger partial charge in [-0.05, 0) is 11.1 Å². The van der Waals surface area contributed by atoms with E-state index in [0.29, 0.717) is 12.0 Å². The quantitative estimate of drug-likeness (QED) is 0.468. The monoisotopic (exact) mass is 310 g/mol. The van der Waals surface area contributed by atoms with Crippen molar-refractivity contribution >= 4 is 24.4 Å². The number of benzene rings is 1. The predicted octanol–water partition coefficient (Wildman–Crippen LogP) is 3.08. The standard InChI is InChI=1S/C19H20NO3/c1-3-18(19(22)23-2)20-12-10-16(11-13-20)5-4-15-6-8-17(14-21)9-7-15/h4-14,18H,3H2,1-2H3/q+1. The molecule has 0 saturated carbocycles. The summed E-state index contributed by atoms with van der Waals surface area (Å²) in [5, 5.41) is 0. The van der Waals surface area contributed by atoms with Crippen molar-refractivity contribution in [2.75, 3.05) is 7.11 Å². The molecule has 118 valence electrons. The van der Waals surface area contributed by atoms with Crippen molar-refractivity contribution in [3.05, 3.63) is 65.5 Å². The molecule has 2 rings (SSSR count). The van der Waals surface area contributed by atoms with E-state index in [-0.39, 0.29) is 12.0 Å². The van der Waals surface area contributed by atoms with Gasteiger partial charge in [0.15, 0.2) is 12.4 Å². The molecule has 1 atom stereocenters. The fraction of sp³-hybridized carbons (Fsp3) is 0.211. The maximum absolute atomic E-state index is 11.7. The lowest BCUT2D eigenvalue weighted by atomic mass is 10.1. The van der Waals surface area contributed by atoms with Gasteiger partial charge in [0.2, 0.25) is 0 Å². The van der Waals surface area contributed by atoms with Crippen molar-refractivity contribution in [2.45, 2.75) is 19.4 Å². The molecule has 0 N–H and O–H groups in total. The highest BCUT2D eigenvalue weighted by Crippen LogP contribution is 2.10. The van der Waals surface area contributed by atoms with Gasteiger partial charge in [-0.3, -0.25) is 4.79 Å². The van der Waals surface area contributed by atoms with Crippen molar-refractivity contribution in [1.82, 2.24) is 0 Å². The summed E-state index contributed by atoms with van der Waals surface area (Å²) < 4.78 is 6.66.